The van der Waals surface area contributed by atoms with Gasteiger partial charge in [0.15, 0.2) is 0 Å². The van der Waals surface area contributed by atoms with Crippen LogP contribution in [-0.4, -0.2) is 22.1 Å². The molecule has 1 aromatic heterocycles. The first-order valence-corrected chi connectivity index (χ1v) is 7.49. The third-order valence-electron chi connectivity index (χ3n) is 4.24. The van der Waals surface area contributed by atoms with Gasteiger partial charge in [-0.05, 0) is 38.3 Å². The van der Waals surface area contributed by atoms with Crippen LogP contribution < -0.4 is 5.32 Å². The van der Waals surface area contributed by atoms with Crippen molar-refractivity contribution in [3.8, 4) is 0 Å². The molecule has 4 nitrogen and oxygen atoms in total. The standard InChI is InChI=1S/C17H20N2O2/c1-11-8-9-12-4-3-7-15(16(12)18-11)19-14-6-2-5-13(10-14)17(20)21/h3-4,7-9,13-14,19H,2,5-6,10H2,1H3,(H,20,21). The van der Waals surface area contributed by atoms with Gasteiger partial charge in [-0.2, -0.15) is 0 Å². The van der Waals surface area contributed by atoms with Crippen molar-refractivity contribution in [2.24, 2.45) is 5.92 Å². The Morgan fingerprint density at radius 2 is 2.14 bits per heavy atom. The summed E-state index contributed by atoms with van der Waals surface area (Å²) in [5.41, 5.74) is 2.96. The van der Waals surface area contributed by atoms with Crippen LogP contribution >= 0.6 is 0 Å². The summed E-state index contributed by atoms with van der Waals surface area (Å²) < 4.78 is 0. The highest BCUT2D eigenvalue weighted by Crippen LogP contribution is 2.29. The monoisotopic (exact) mass is 284 g/mol. The highest BCUT2D eigenvalue weighted by molar-refractivity contribution is 5.90. The number of hydrogen-bond donors (Lipinski definition) is 2. The van der Waals surface area contributed by atoms with Crippen molar-refractivity contribution in [1.82, 2.24) is 4.98 Å². The number of hydrogen-bond acceptors (Lipinski definition) is 3. The van der Waals surface area contributed by atoms with Gasteiger partial charge >= 0.3 is 5.97 Å². The van der Waals surface area contributed by atoms with E-state index in [0.29, 0.717) is 6.42 Å². The second-order valence-corrected chi connectivity index (χ2v) is 5.87. The number of fused-ring (bicyclic) bond motifs is 1. The van der Waals surface area contributed by atoms with Crippen LogP contribution in [0.15, 0.2) is 30.3 Å². The Balaban J connectivity index is 1.84. The van der Waals surface area contributed by atoms with Crippen LogP contribution in [0.1, 0.15) is 31.4 Å². The molecular formula is C17H20N2O2. The summed E-state index contributed by atoms with van der Waals surface area (Å²) in [6.45, 7) is 1.98. The number of nitrogens with one attached hydrogen (secondary N) is 1. The molecule has 1 aliphatic rings. The number of nitrogens with zero attached hydrogens (tertiary/aromatic N) is 1. The van der Waals surface area contributed by atoms with Gasteiger partial charge in [0, 0.05) is 17.1 Å². The molecule has 0 amide bonds. The van der Waals surface area contributed by atoms with Crippen molar-refractivity contribution in [3.63, 3.8) is 0 Å². The van der Waals surface area contributed by atoms with E-state index in [1.807, 2.05) is 31.2 Å². The molecule has 21 heavy (non-hydrogen) atoms. The number of carboxylic acids is 1. The smallest absolute Gasteiger partial charge is 0.306 e. The number of aliphatic carboxylic acids is 1. The van der Waals surface area contributed by atoms with Crippen LogP contribution in [0, 0.1) is 12.8 Å². The van der Waals surface area contributed by atoms with E-state index in [9.17, 15) is 9.90 Å². The molecule has 1 aromatic carbocycles. The molecule has 0 aliphatic heterocycles. The molecular weight excluding hydrogens is 264 g/mol. The van der Waals surface area contributed by atoms with Gasteiger partial charge in [-0.1, -0.05) is 24.6 Å². The van der Waals surface area contributed by atoms with Crippen molar-refractivity contribution in [1.29, 1.82) is 0 Å². The first-order valence-electron chi connectivity index (χ1n) is 7.49. The average molecular weight is 284 g/mol. The number of aromatic nitrogens is 1. The Labute approximate surface area is 124 Å². The number of carboxylic acid groups (broad SMARTS) is 1. The molecule has 2 atom stereocenters. The van der Waals surface area contributed by atoms with Crippen molar-refractivity contribution in [3.05, 3.63) is 36.0 Å². The summed E-state index contributed by atoms with van der Waals surface area (Å²) in [6, 6.07) is 10.4. The van der Waals surface area contributed by atoms with Gasteiger partial charge in [-0.25, -0.2) is 0 Å². The van der Waals surface area contributed by atoms with E-state index in [2.05, 4.69) is 16.4 Å². The molecule has 110 valence electrons. The summed E-state index contributed by atoms with van der Waals surface area (Å²) in [5.74, 6) is -0.894. The Kier molecular flexibility index (Phi) is 3.78. The van der Waals surface area contributed by atoms with Crippen molar-refractivity contribution in [2.75, 3.05) is 5.32 Å². The average Bonchev–Trinajstić information content (AvgIpc) is 2.48. The molecule has 1 aliphatic carbocycles. The fourth-order valence-electron chi connectivity index (χ4n) is 3.13. The molecule has 0 bridgehead atoms. The lowest BCUT2D eigenvalue weighted by atomic mass is 9.85. The zero-order chi connectivity index (χ0) is 14.8. The summed E-state index contributed by atoms with van der Waals surface area (Å²) in [6.07, 6.45) is 3.47. The van der Waals surface area contributed by atoms with E-state index in [1.54, 1.807) is 0 Å². The van der Waals surface area contributed by atoms with Crippen LogP contribution in [0.5, 0.6) is 0 Å². The SMILES string of the molecule is Cc1ccc2cccc(NC3CCCC(C(=O)O)C3)c2n1. The summed E-state index contributed by atoms with van der Waals surface area (Å²) in [7, 11) is 0. The summed E-state index contributed by atoms with van der Waals surface area (Å²) in [5, 5.41) is 13.8. The predicted octanol–water partition coefficient (Wildman–Crippen LogP) is 3.60. The predicted molar refractivity (Wildman–Crippen MR) is 83.5 cm³/mol. The Hall–Kier alpha value is -2.10. The number of rotatable bonds is 3. The summed E-state index contributed by atoms with van der Waals surface area (Å²) in [4.78, 5) is 15.8. The van der Waals surface area contributed by atoms with Crippen LogP contribution in [0.3, 0.4) is 0 Å². The number of para-hydroxylation sites is 1. The van der Waals surface area contributed by atoms with E-state index < -0.39 is 5.97 Å². The highest BCUT2D eigenvalue weighted by Gasteiger charge is 2.27. The largest absolute Gasteiger partial charge is 0.481 e. The van der Waals surface area contributed by atoms with E-state index in [4.69, 9.17) is 0 Å². The molecule has 0 radical (unpaired) electrons. The van der Waals surface area contributed by atoms with Crippen LogP contribution in [-0.2, 0) is 4.79 Å². The lowest BCUT2D eigenvalue weighted by molar-refractivity contribution is -0.142. The van der Waals surface area contributed by atoms with Crippen LogP contribution in [0.2, 0.25) is 0 Å². The van der Waals surface area contributed by atoms with Gasteiger partial charge in [0.2, 0.25) is 0 Å². The van der Waals surface area contributed by atoms with Gasteiger partial charge in [0.1, 0.15) is 0 Å². The molecule has 1 fully saturated rings. The Morgan fingerprint density at radius 3 is 2.95 bits per heavy atom. The molecule has 0 spiro atoms. The maximum Gasteiger partial charge on any atom is 0.306 e. The molecule has 2 N–H and O–H groups in total. The maximum atomic E-state index is 11.2. The highest BCUT2D eigenvalue weighted by atomic mass is 16.4. The van der Waals surface area contributed by atoms with Gasteiger partial charge in [0.05, 0.1) is 17.1 Å². The molecule has 2 unspecified atom stereocenters. The normalized spacial score (nSPS) is 22.1. The first kappa shape index (κ1) is 13.9. The number of anilines is 1. The Bertz CT molecular complexity index is 669. The van der Waals surface area contributed by atoms with Gasteiger partial charge in [-0.15, -0.1) is 0 Å². The van der Waals surface area contributed by atoms with Crippen molar-refractivity contribution >= 4 is 22.6 Å². The van der Waals surface area contributed by atoms with E-state index in [1.165, 1.54) is 0 Å². The molecule has 2 aromatic rings. The first-order chi connectivity index (χ1) is 10.1. The van der Waals surface area contributed by atoms with E-state index in [0.717, 1.165) is 41.5 Å². The molecule has 0 saturated heterocycles. The minimum absolute atomic E-state index is 0.216. The molecule has 1 heterocycles. The van der Waals surface area contributed by atoms with Crippen LogP contribution in [0.25, 0.3) is 10.9 Å². The van der Waals surface area contributed by atoms with Gasteiger partial charge < -0.3 is 10.4 Å². The molecule has 4 heteroatoms. The number of pyridine rings is 1. The minimum Gasteiger partial charge on any atom is -0.481 e. The maximum absolute atomic E-state index is 11.2. The molecule has 3 rings (SSSR count). The number of carbonyl (C=O) groups is 1. The van der Waals surface area contributed by atoms with Crippen LogP contribution in [0.4, 0.5) is 5.69 Å². The lowest BCUT2D eigenvalue weighted by Gasteiger charge is -2.28. The second kappa shape index (κ2) is 5.72. The topological polar surface area (TPSA) is 62.2 Å². The summed E-state index contributed by atoms with van der Waals surface area (Å²) >= 11 is 0. The minimum atomic E-state index is -0.673. The van der Waals surface area contributed by atoms with E-state index >= 15 is 0 Å². The fraction of sp³-hybridized carbons (Fsp3) is 0.412. The van der Waals surface area contributed by atoms with Crippen molar-refractivity contribution < 1.29 is 9.90 Å². The number of benzene rings is 1. The molecule has 1 saturated carbocycles. The third-order valence-corrected chi connectivity index (χ3v) is 4.24. The quantitative estimate of drug-likeness (QED) is 0.904. The Morgan fingerprint density at radius 1 is 1.29 bits per heavy atom. The fourth-order valence-corrected chi connectivity index (χ4v) is 3.13. The zero-order valence-electron chi connectivity index (χ0n) is 12.2. The third kappa shape index (κ3) is 2.99. The van der Waals surface area contributed by atoms with Gasteiger partial charge in [-0.3, -0.25) is 9.78 Å². The lowest BCUT2D eigenvalue weighted by Crippen LogP contribution is -2.31. The second-order valence-electron chi connectivity index (χ2n) is 5.87. The zero-order valence-corrected chi connectivity index (χ0v) is 12.2. The number of aryl methyl sites for hydroxylation is 1. The van der Waals surface area contributed by atoms with Gasteiger partial charge in [0.25, 0.3) is 0 Å². The van der Waals surface area contributed by atoms with Crippen molar-refractivity contribution in [2.45, 2.75) is 38.6 Å². The van der Waals surface area contributed by atoms with E-state index in [-0.39, 0.29) is 12.0 Å².